The van der Waals surface area contributed by atoms with Gasteiger partial charge in [0, 0.05) is 47.7 Å². The number of fused-ring (bicyclic) bond motifs is 4. The minimum Gasteiger partial charge on any atom is -0.481 e. The third kappa shape index (κ3) is 3.82. The minimum atomic E-state index is -1.00. The molecule has 3 N–H and O–H groups in total. The number of aliphatic hydroxyl groups excluding tert-OH is 2. The van der Waals surface area contributed by atoms with Crippen LogP contribution < -0.4 is 0 Å². The van der Waals surface area contributed by atoms with Gasteiger partial charge in [0.25, 0.3) is 0 Å². The van der Waals surface area contributed by atoms with Crippen molar-refractivity contribution in [1.29, 1.82) is 0 Å². The van der Waals surface area contributed by atoms with E-state index >= 15 is 0 Å². The molecule has 1 unspecified atom stereocenters. The van der Waals surface area contributed by atoms with E-state index in [-0.39, 0.29) is 60.8 Å². The number of carboxylic acid groups (broad SMARTS) is 1. The van der Waals surface area contributed by atoms with Gasteiger partial charge in [-0.15, -0.1) is 0 Å². The van der Waals surface area contributed by atoms with Crippen molar-refractivity contribution in [3.8, 4) is 0 Å². The maximum atomic E-state index is 14.0. The molecular weight excluding hydrogens is 472 g/mol. The molecule has 0 aromatic carbocycles. The maximum absolute atomic E-state index is 14.0. The number of carbonyl (C=O) groups excluding carboxylic acids is 3. The van der Waals surface area contributed by atoms with Crippen LogP contribution >= 0.6 is 0 Å². The lowest BCUT2D eigenvalue weighted by Gasteiger charge is -2.60. The van der Waals surface area contributed by atoms with Gasteiger partial charge < -0.3 is 15.3 Å². The van der Waals surface area contributed by atoms with Crippen LogP contribution in [0.25, 0.3) is 0 Å². The normalized spacial score (nSPS) is 42.5. The zero-order valence-electron chi connectivity index (χ0n) is 23.4. The molecule has 37 heavy (non-hydrogen) atoms. The quantitative estimate of drug-likeness (QED) is 0.484. The van der Waals surface area contributed by atoms with E-state index in [1.165, 1.54) is 6.92 Å². The second kappa shape index (κ2) is 8.84. The summed E-state index contributed by atoms with van der Waals surface area (Å²) in [4.78, 5) is 51.9. The molecule has 206 valence electrons. The fourth-order valence-corrected chi connectivity index (χ4v) is 9.11. The third-order valence-corrected chi connectivity index (χ3v) is 11.6. The highest BCUT2D eigenvalue weighted by Gasteiger charge is 2.70. The molecule has 7 nitrogen and oxygen atoms in total. The van der Waals surface area contributed by atoms with E-state index in [0.717, 1.165) is 0 Å². The first-order valence-electron chi connectivity index (χ1n) is 13.8. The van der Waals surface area contributed by atoms with Crippen LogP contribution in [0.15, 0.2) is 11.1 Å². The predicted molar refractivity (Wildman–Crippen MR) is 137 cm³/mol. The molecule has 0 aromatic heterocycles. The molecule has 0 bridgehead atoms. The average molecular weight is 517 g/mol. The van der Waals surface area contributed by atoms with Crippen molar-refractivity contribution in [1.82, 2.24) is 0 Å². The monoisotopic (exact) mass is 516 g/mol. The number of Topliss-reactive ketones (excluding diaryl/α,β-unsaturated/α-hetero) is 3. The van der Waals surface area contributed by atoms with Crippen LogP contribution in [-0.2, 0) is 19.2 Å². The summed E-state index contributed by atoms with van der Waals surface area (Å²) in [7, 11) is 0. The maximum Gasteiger partial charge on any atom is 0.306 e. The Morgan fingerprint density at radius 3 is 2.16 bits per heavy atom. The summed E-state index contributed by atoms with van der Waals surface area (Å²) in [6, 6.07) is 0. The van der Waals surface area contributed by atoms with E-state index in [2.05, 4.69) is 6.92 Å². The molecule has 0 aliphatic heterocycles. The number of rotatable bonds is 6. The van der Waals surface area contributed by atoms with E-state index in [0.29, 0.717) is 30.4 Å². The number of carbonyl (C=O) groups is 4. The summed E-state index contributed by atoms with van der Waals surface area (Å²) in [5.41, 5.74) is -1.61. The lowest BCUT2D eigenvalue weighted by atomic mass is 9.42. The van der Waals surface area contributed by atoms with Gasteiger partial charge in [-0.25, -0.2) is 0 Å². The standard InChI is InChI=1S/C30H44O7/c1-15(10-17(31)11-16(2)26(36)37)18-12-23(35)30(7)25-19(32)13-21-27(3,4)22(34)8-9-28(21,5)24(25)20(33)14-29(18,30)6/h15-16,18,21-23,34-35H,8-14H2,1-7H3,(H,36,37)/t15-,16?,18-,21+,22+,23+,28+,29-,30+/m1/s1. The summed E-state index contributed by atoms with van der Waals surface area (Å²) in [6.45, 7) is 13.4. The van der Waals surface area contributed by atoms with Gasteiger partial charge in [0.1, 0.15) is 5.78 Å². The van der Waals surface area contributed by atoms with Gasteiger partial charge in [0.15, 0.2) is 11.6 Å². The molecular formula is C30H44O7. The number of allylic oxidation sites excluding steroid dienone is 1. The Hall–Kier alpha value is -1.86. The zero-order chi connectivity index (χ0) is 27.9. The first-order valence-corrected chi connectivity index (χ1v) is 13.8. The van der Waals surface area contributed by atoms with Crippen molar-refractivity contribution in [3.63, 3.8) is 0 Å². The molecule has 2 saturated carbocycles. The van der Waals surface area contributed by atoms with Gasteiger partial charge in [-0.1, -0.05) is 48.5 Å². The number of aliphatic carboxylic acids is 1. The molecule has 4 aliphatic rings. The summed E-state index contributed by atoms with van der Waals surface area (Å²) < 4.78 is 0. The van der Waals surface area contributed by atoms with Crippen molar-refractivity contribution >= 4 is 23.3 Å². The van der Waals surface area contributed by atoms with E-state index in [4.69, 9.17) is 0 Å². The Kier molecular flexibility index (Phi) is 6.72. The fraction of sp³-hybridized carbons (Fsp3) is 0.800. The number of ketones is 3. The van der Waals surface area contributed by atoms with Crippen molar-refractivity contribution in [3.05, 3.63) is 11.1 Å². The smallest absolute Gasteiger partial charge is 0.306 e. The minimum absolute atomic E-state index is 0.0418. The highest BCUT2D eigenvalue weighted by molar-refractivity contribution is 6.11. The van der Waals surface area contributed by atoms with Crippen LogP contribution in [0.1, 0.15) is 93.4 Å². The van der Waals surface area contributed by atoms with E-state index < -0.39 is 45.8 Å². The summed E-state index contributed by atoms with van der Waals surface area (Å²) in [5, 5.41) is 31.5. The van der Waals surface area contributed by atoms with Gasteiger partial charge in [0.05, 0.1) is 18.1 Å². The van der Waals surface area contributed by atoms with Crippen molar-refractivity contribution in [2.45, 2.75) is 106 Å². The Morgan fingerprint density at radius 2 is 1.57 bits per heavy atom. The predicted octanol–water partition coefficient (Wildman–Crippen LogP) is 4.13. The van der Waals surface area contributed by atoms with Gasteiger partial charge >= 0.3 is 5.97 Å². The lowest BCUT2D eigenvalue weighted by Crippen LogP contribution is -2.60. The molecule has 0 aromatic rings. The van der Waals surface area contributed by atoms with Crippen LogP contribution in [0.3, 0.4) is 0 Å². The summed E-state index contributed by atoms with van der Waals surface area (Å²) in [5.74, 6) is -2.54. The number of aliphatic hydroxyl groups is 2. The van der Waals surface area contributed by atoms with E-state index in [1.54, 1.807) is 0 Å². The van der Waals surface area contributed by atoms with Gasteiger partial charge in [-0.2, -0.15) is 0 Å². The first-order chi connectivity index (χ1) is 16.9. The van der Waals surface area contributed by atoms with Crippen LogP contribution in [0, 0.1) is 45.3 Å². The van der Waals surface area contributed by atoms with E-state index in [9.17, 15) is 34.5 Å². The van der Waals surface area contributed by atoms with Crippen LogP contribution in [0.5, 0.6) is 0 Å². The molecule has 0 spiro atoms. The van der Waals surface area contributed by atoms with Gasteiger partial charge in [0.2, 0.25) is 0 Å². The third-order valence-electron chi connectivity index (χ3n) is 11.6. The van der Waals surface area contributed by atoms with Gasteiger partial charge in [-0.05, 0) is 47.8 Å². The number of carboxylic acids is 1. The van der Waals surface area contributed by atoms with Gasteiger partial charge in [-0.3, -0.25) is 19.2 Å². The SMILES string of the molecule is CC(CC(=O)C[C@@H](C)[C@H]1C[C@H](O)[C@@]2(C)C3=C(C(=O)C[C@]12C)[C@@]1(C)CC[C@H](O)C(C)(C)[C@@H]1CC3=O)C(=O)O. The lowest BCUT2D eigenvalue weighted by molar-refractivity contribution is -0.144. The van der Waals surface area contributed by atoms with Crippen LogP contribution in [0.4, 0.5) is 0 Å². The Labute approximate surface area is 220 Å². The second-order valence-corrected chi connectivity index (χ2v) is 14.0. The molecule has 2 fully saturated rings. The van der Waals surface area contributed by atoms with E-state index in [1.807, 2.05) is 34.6 Å². The zero-order valence-corrected chi connectivity index (χ0v) is 23.4. The fourth-order valence-electron chi connectivity index (χ4n) is 9.11. The number of hydrogen-bond acceptors (Lipinski definition) is 6. The largest absolute Gasteiger partial charge is 0.481 e. The highest BCUT2D eigenvalue weighted by atomic mass is 16.4. The topological polar surface area (TPSA) is 129 Å². The highest BCUT2D eigenvalue weighted by Crippen LogP contribution is 2.71. The Morgan fingerprint density at radius 1 is 0.946 bits per heavy atom. The van der Waals surface area contributed by atoms with Crippen molar-refractivity contribution in [2.24, 2.45) is 45.3 Å². The van der Waals surface area contributed by atoms with Crippen LogP contribution in [-0.4, -0.2) is 50.8 Å². The summed E-state index contributed by atoms with van der Waals surface area (Å²) >= 11 is 0. The van der Waals surface area contributed by atoms with Crippen molar-refractivity contribution in [2.75, 3.05) is 0 Å². The Bertz CT molecular complexity index is 1070. The second-order valence-electron chi connectivity index (χ2n) is 14.0. The first kappa shape index (κ1) is 28.2. The summed E-state index contributed by atoms with van der Waals surface area (Å²) in [6.07, 6.45) is 0.787. The molecule has 0 amide bonds. The molecule has 9 atom stereocenters. The molecule has 0 heterocycles. The molecule has 0 saturated heterocycles. The molecule has 4 aliphatic carbocycles. The molecule has 7 heteroatoms. The average Bonchev–Trinajstić information content (AvgIpc) is 2.99. The molecule has 4 rings (SSSR count). The Balaban J connectivity index is 1.74. The molecule has 0 radical (unpaired) electrons. The number of hydrogen-bond donors (Lipinski definition) is 3. The van der Waals surface area contributed by atoms with Crippen molar-refractivity contribution < 1.29 is 34.5 Å². The van der Waals surface area contributed by atoms with Crippen LogP contribution in [0.2, 0.25) is 0 Å².